The van der Waals surface area contributed by atoms with Gasteiger partial charge in [-0.2, -0.15) is 0 Å². The van der Waals surface area contributed by atoms with Gasteiger partial charge in [-0.05, 0) is 20.3 Å². The number of hydrogen-bond donors (Lipinski definition) is 1. The van der Waals surface area contributed by atoms with Gasteiger partial charge in [-0.3, -0.25) is 4.79 Å². The van der Waals surface area contributed by atoms with Crippen molar-refractivity contribution in [3.8, 4) is 0 Å². The van der Waals surface area contributed by atoms with Crippen LogP contribution >= 0.6 is 11.8 Å². The molecule has 1 aromatic heterocycles. The highest BCUT2D eigenvalue weighted by atomic mass is 32.2. The van der Waals surface area contributed by atoms with Crippen LogP contribution in [0.2, 0.25) is 0 Å². The van der Waals surface area contributed by atoms with Gasteiger partial charge in [-0.1, -0.05) is 18.7 Å². The zero-order chi connectivity index (χ0) is 12.1. The topological polar surface area (TPSA) is 46.9 Å². The molecule has 0 fully saturated rings. The number of amides is 1. The van der Waals surface area contributed by atoms with Crippen molar-refractivity contribution in [1.82, 2.24) is 14.9 Å². The molecule has 16 heavy (non-hydrogen) atoms. The van der Waals surface area contributed by atoms with Crippen molar-refractivity contribution in [2.24, 2.45) is 7.05 Å². The second-order valence-corrected chi connectivity index (χ2v) is 5.21. The predicted octanol–water partition coefficient (Wildman–Crippen LogP) is 1.82. The molecule has 1 aromatic rings. The summed E-state index contributed by atoms with van der Waals surface area (Å²) in [5.41, 5.74) is 0. The van der Waals surface area contributed by atoms with Crippen molar-refractivity contribution in [3.63, 3.8) is 0 Å². The lowest BCUT2D eigenvalue weighted by atomic mass is 10.2. The third-order valence-electron chi connectivity index (χ3n) is 2.43. The summed E-state index contributed by atoms with van der Waals surface area (Å²) < 4.78 is 1.91. The van der Waals surface area contributed by atoms with E-state index in [9.17, 15) is 4.79 Å². The maximum absolute atomic E-state index is 11.8. The molecule has 0 aliphatic rings. The Kier molecular flexibility index (Phi) is 4.86. The van der Waals surface area contributed by atoms with E-state index in [-0.39, 0.29) is 17.2 Å². The maximum Gasteiger partial charge on any atom is 0.233 e. The smallest absolute Gasteiger partial charge is 0.233 e. The molecule has 5 heteroatoms. The number of nitrogens with one attached hydrogen (secondary N) is 1. The van der Waals surface area contributed by atoms with Gasteiger partial charge < -0.3 is 9.88 Å². The van der Waals surface area contributed by atoms with Crippen LogP contribution in [0.25, 0.3) is 0 Å². The molecule has 0 aromatic carbocycles. The van der Waals surface area contributed by atoms with Gasteiger partial charge in [0.05, 0.1) is 5.25 Å². The minimum absolute atomic E-state index is 0.0716. The standard InChI is InChI=1S/C11H19N3OS/c1-5-8(2)13-10(15)9(3)16-11-12-6-7-14(11)4/h6-9H,5H2,1-4H3,(H,13,15). The first kappa shape index (κ1) is 13.1. The van der Waals surface area contributed by atoms with Crippen molar-refractivity contribution in [2.75, 3.05) is 0 Å². The Morgan fingerprint density at radius 2 is 2.31 bits per heavy atom. The fraction of sp³-hybridized carbons (Fsp3) is 0.636. The quantitative estimate of drug-likeness (QED) is 0.800. The lowest BCUT2D eigenvalue weighted by molar-refractivity contribution is -0.120. The second-order valence-electron chi connectivity index (χ2n) is 3.90. The highest BCUT2D eigenvalue weighted by Gasteiger charge is 2.17. The highest BCUT2D eigenvalue weighted by Crippen LogP contribution is 2.20. The zero-order valence-electron chi connectivity index (χ0n) is 10.2. The minimum atomic E-state index is -0.116. The number of aryl methyl sites for hydroxylation is 1. The van der Waals surface area contributed by atoms with Crippen molar-refractivity contribution in [1.29, 1.82) is 0 Å². The first-order valence-electron chi connectivity index (χ1n) is 5.49. The molecule has 0 bridgehead atoms. The van der Waals surface area contributed by atoms with Gasteiger partial charge in [0.1, 0.15) is 0 Å². The number of aromatic nitrogens is 2. The van der Waals surface area contributed by atoms with Crippen molar-refractivity contribution in [3.05, 3.63) is 12.4 Å². The molecular weight excluding hydrogens is 222 g/mol. The van der Waals surface area contributed by atoms with Gasteiger partial charge in [0.25, 0.3) is 0 Å². The van der Waals surface area contributed by atoms with Crippen molar-refractivity contribution >= 4 is 17.7 Å². The van der Waals surface area contributed by atoms with E-state index in [2.05, 4.69) is 17.2 Å². The zero-order valence-corrected chi connectivity index (χ0v) is 11.0. The van der Waals surface area contributed by atoms with Crippen LogP contribution in [0.3, 0.4) is 0 Å². The molecule has 1 amide bonds. The number of hydrogen-bond acceptors (Lipinski definition) is 3. The first-order valence-corrected chi connectivity index (χ1v) is 6.37. The summed E-state index contributed by atoms with van der Waals surface area (Å²) in [7, 11) is 1.93. The third kappa shape index (κ3) is 3.56. The maximum atomic E-state index is 11.8. The molecular formula is C11H19N3OS. The van der Waals surface area contributed by atoms with Crippen LogP contribution in [-0.2, 0) is 11.8 Å². The Balaban J connectivity index is 2.49. The van der Waals surface area contributed by atoms with E-state index in [1.54, 1.807) is 6.20 Å². The van der Waals surface area contributed by atoms with E-state index in [1.807, 2.05) is 31.7 Å². The average molecular weight is 241 g/mol. The Morgan fingerprint density at radius 3 is 2.81 bits per heavy atom. The van der Waals surface area contributed by atoms with E-state index in [0.717, 1.165) is 11.6 Å². The number of thioether (sulfide) groups is 1. The molecule has 90 valence electrons. The van der Waals surface area contributed by atoms with E-state index >= 15 is 0 Å². The van der Waals surface area contributed by atoms with Crippen LogP contribution in [0.1, 0.15) is 27.2 Å². The van der Waals surface area contributed by atoms with Crippen LogP contribution in [0.15, 0.2) is 17.6 Å². The minimum Gasteiger partial charge on any atom is -0.353 e. The van der Waals surface area contributed by atoms with Crippen molar-refractivity contribution < 1.29 is 4.79 Å². The van der Waals surface area contributed by atoms with E-state index in [4.69, 9.17) is 0 Å². The first-order chi connectivity index (χ1) is 7.54. The van der Waals surface area contributed by atoms with Crippen LogP contribution in [0.4, 0.5) is 0 Å². The highest BCUT2D eigenvalue weighted by molar-refractivity contribution is 8.00. The number of nitrogens with zero attached hydrogens (tertiary/aromatic N) is 2. The fourth-order valence-electron chi connectivity index (χ4n) is 1.14. The third-order valence-corrected chi connectivity index (χ3v) is 3.60. The van der Waals surface area contributed by atoms with Crippen LogP contribution in [-0.4, -0.2) is 26.8 Å². The van der Waals surface area contributed by atoms with Crippen LogP contribution < -0.4 is 5.32 Å². The Bertz CT molecular complexity index is 351. The Hall–Kier alpha value is -0.970. The molecule has 0 aliphatic carbocycles. The summed E-state index contributed by atoms with van der Waals surface area (Å²) in [5, 5.41) is 3.72. The number of carbonyl (C=O) groups excluding carboxylic acids is 1. The Labute approximate surface area is 101 Å². The van der Waals surface area contributed by atoms with Crippen LogP contribution in [0, 0.1) is 0 Å². The number of carbonyl (C=O) groups is 1. The molecule has 1 N–H and O–H groups in total. The van der Waals surface area contributed by atoms with Gasteiger partial charge in [-0.15, -0.1) is 0 Å². The number of rotatable bonds is 5. The summed E-state index contributed by atoms with van der Waals surface area (Å²) >= 11 is 1.48. The van der Waals surface area contributed by atoms with E-state index in [0.29, 0.717) is 0 Å². The lowest BCUT2D eigenvalue weighted by Gasteiger charge is -2.15. The molecule has 0 aliphatic heterocycles. The van der Waals surface area contributed by atoms with Crippen LogP contribution in [0.5, 0.6) is 0 Å². The van der Waals surface area contributed by atoms with Gasteiger partial charge >= 0.3 is 0 Å². The molecule has 0 radical (unpaired) electrons. The molecule has 0 saturated carbocycles. The molecule has 0 saturated heterocycles. The van der Waals surface area contributed by atoms with Gasteiger partial charge in [0.15, 0.2) is 5.16 Å². The van der Waals surface area contributed by atoms with E-state index < -0.39 is 0 Å². The molecule has 0 spiro atoms. The van der Waals surface area contributed by atoms with Crippen molar-refractivity contribution in [2.45, 2.75) is 43.6 Å². The van der Waals surface area contributed by atoms with Gasteiger partial charge in [0, 0.05) is 25.5 Å². The molecule has 2 atom stereocenters. The SMILES string of the molecule is CCC(C)NC(=O)C(C)Sc1nccn1C. The predicted molar refractivity (Wildman–Crippen MR) is 66.4 cm³/mol. The molecule has 1 rings (SSSR count). The second kappa shape index (κ2) is 5.94. The number of imidazole rings is 1. The summed E-state index contributed by atoms with van der Waals surface area (Å²) in [6, 6.07) is 0.233. The fourth-order valence-corrected chi connectivity index (χ4v) is 1.98. The summed E-state index contributed by atoms with van der Waals surface area (Å²) in [6.07, 6.45) is 4.56. The molecule has 2 unspecified atom stereocenters. The van der Waals surface area contributed by atoms with E-state index in [1.165, 1.54) is 11.8 Å². The summed E-state index contributed by atoms with van der Waals surface area (Å²) in [4.78, 5) is 16.0. The molecule has 4 nitrogen and oxygen atoms in total. The largest absolute Gasteiger partial charge is 0.353 e. The monoisotopic (exact) mass is 241 g/mol. The van der Waals surface area contributed by atoms with Gasteiger partial charge in [-0.25, -0.2) is 4.98 Å². The molecule has 1 heterocycles. The average Bonchev–Trinajstić information content (AvgIpc) is 2.64. The Morgan fingerprint density at radius 1 is 1.62 bits per heavy atom. The normalized spacial score (nSPS) is 14.5. The summed E-state index contributed by atoms with van der Waals surface area (Å²) in [6.45, 7) is 5.97. The summed E-state index contributed by atoms with van der Waals surface area (Å²) in [5.74, 6) is 0.0716. The lowest BCUT2D eigenvalue weighted by Crippen LogP contribution is -2.37. The van der Waals surface area contributed by atoms with Gasteiger partial charge in [0.2, 0.25) is 5.91 Å².